The van der Waals surface area contributed by atoms with Gasteiger partial charge in [-0.25, -0.2) is 14.8 Å². The lowest BCUT2D eigenvalue weighted by Crippen LogP contribution is -2.45. The van der Waals surface area contributed by atoms with Gasteiger partial charge in [-0.1, -0.05) is 20.8 Å². The summed E-state index contributed by atoms with van der Waals surface area (Å²) in [6.07, 6.45) is 3.27. The van der Waals surface area contributed by atoms with Crippen LogP contribution < -0.4 is 5.32 Å². The average molecular weight is 237 g/mol. The summed E-state index contributed by atoms with van der Waals surface area (Å²) in [6.45, 7) is 5.70. The fraction of sp³-hybridized carbons (Fsp3) is 0.583. The van der Waals surface area contributed by atoms with Crippen LogP contribution in [0.1, 0.15) is 39.3 Å². The Hall–Kier alpha value is -1.65. The molecule has 2 N–H and O–H groups in total. The van der Waals surface area contributed by atoms with Gasteiger partial charge in [0.15, 0.2) is 0 Å². The molecule has 0 aromatic carbocycles. The van der Waals surface area contributed by atoms with Crippen LogP contribution >= 0.6 is 0 Å². The van der Waals surface area contributed by atoms with E-state index in [1.807, 2.05) is 20.8 Å². The van der Waals surface area contributed by atoms with Gasteiger partial charge in [-0.05, 0) is 19.3 Å². The Morgan fingerprint density at radius 2 is 2.00 bits per heavy atom. The molecule has 1 rings (SSSR count). The molecule has 0 aliphatic rings. The minimum Gasteiger partial charge on any atom is -0.480 e. The molecule has 5 heteroatoms. The SMILES string of the molecule is CCc1cc(NC(CC)(CC)C(=O)O)ncn1. The Morgan fingerprint density at radius 1 is 1.35 bits per heavy atom. The van der Waals surface area contributed by atoms with E-state index in [1.165, 1.54) is 6.33 Å². The van der Waals surface area contributed by atoms with E-state index in [9.17, 15) is 9.90 Å². The summed E-state index contributed by atoms with van der Waals surface area (Å²) in [5, 5.41) is 12.3. The fourth-order valence-corrected chi connectivity index (χ4v) is 1.69. The van der Waals surface area contributed by atoms with Crippen molar-refractivity contribution in [1.29, 1.82) is 0 Å². The molecule has 0 atom stereocenters. The highest BCUT2D eigenvalue weighted by atomic mass is 16.4. The third-order valence-corrected chi connectivity index (χ3v) is 3.07. The zero-order valence-electron chi connectivity index (χ0n) is 10.5. The highest BCUT2D eigenvalue weighted by molar-refractivity contribution is 5.82. The third kappa shape index (κ3) is 2.93. The van der Waals surface area contributed by atoms with Gasteiger partial charge in [-0.2, -0.15) is 0 Å². The number of rotatable bonds is 6. The van der Waals surface area contributed by atoms with Crippen molar-refractivity contribution in [2.45, 2.75) is 45.6 Å². The van der Waals surface area contributed by atoms with Crippen molar-refractivity contribution in [1.82, 2.24) is 9.97 Å². The number of hydrogen-bond acceptors (Lipinski definition) is 4. The maximum Gasteiger partial charge on any atom is 0.329 e. The lowest BCUT2D eigenvalue weighted by molar-refractivity contribution is -0.142. The van der Waals surface area contributed by atoms with Crippen LogP contribution in [-0.2, 0) is 11.2 Å². The number of carboxylic acid groups (broad SMARTS) is 1. The first-order valence-corrected chi connectivity index (χ1v) is 5.90. The number of nitrogens with zero attached hydrogens (tertiary/aromatic N) is 2. The van der Waals surface area contributed by atoms with Gasteiger partial charge in [0.2, 0.25) is 0 Å². The Balaban J connectivity index is 2.97. The van der Waals surface area contributed by atoms with Gasteiger partial charge in [-0.15, -0.1) is 0 Å². The van der Waals surface area contributed by atoms with Crippen LogP contribution in [0.5, 0.6) is 0 Å². The predicted molar refractivity (Wildman–Crippen MR) is 66.0 cm³/mol. The van der Waals surface area contributed by atoms with Gasteiger partial charge < -0.3 is 10.4 Å². The zero-order valence-corrected chi connectivity index (χ0v) is 10.5. The van der Waals surface area contributed by atoms with Gasteiger partial charge >= 0.3 is 5.97 Å². The predicted octanol–water partition coefficient (Wildman–Crippen LogP) is 2.09. The summed E-state index contributed by atoms with van der Waals surface area (Å²) in [6, 6.07) is 1.79. The zero-order chi connectivity index (χ0) is 12.9. The minimum atomic E-state index is -0.945. The molecule has 0 spiro atoms. The Kier molecular flexibility index (Phi) is 4.43. The second kappa shape index (κ2) is 5.61. The molecule has 17 heavy (non-hydrogen) atoms. The highest BCUT2D eigenvalue weighted by Gasteiger charge is 2.34. The third-order valence-electron chi connectivity index (χ3n) is 3.07. The maximum absolute atomic E-state index is 11.3. The number of carboxylic acids is 1. The van der Waals surface area contributed by atoms with Crippen LogP contribution in [0, 0.1) is 0 Å². The lowest BCUT2D eigenvalue weighted by atomic mass is 9.93. The molecule has 0 saturated carbocycles. The molecule has 0 radical (unpaired) electrons. The molecule has 0 unspecified atom stereocenters. The maximum atomic E-state index is 11.3. The molecule has 0 bridgehead atoms. The normalized spacial score (nSPS) is 11.2. The van der Waals surface area contributed by atoms with E-state index in [0.29, 0.717) is 18.7 Å². The smallest absolute Gasteiger partial charge is 0.329 e. The highest BCUT2D eigenvalue weighted by Crippen LogP contribution is 2.21. The summed E-state index contributed by atoms with van der Waals surface area (Å²) in [5.41, 5.74) is -0.0479. The lowest BCUT2D eigenvalue weighted by Gasteiger charge is -2.28. The molecule has 0 saturated heterocycles. The quantitative estimate of drug-likeness (QED) is 0.792. The van der Waals surface area contributed by atoms with Crippen molar-refractivity contribution in [2.24, 2.45) is 0 Å². The molecule has 94 valence electrons. The van der Waals surface area contributed by atoms with E-state index in [4.69, 9.17) is 0 Å². The summed E-state index contributed by atoms with van der Waals surface area (Å²) in [7, 11) is 0. The number of anilines is 1. The van der Waals surface area contributed by atoms with Crippen molar-refractivity contribution >= 4 is 11.8 Å². The number of aryl methyl sites for hydroxylation is 1. The van der Waals surface area contributed by atoms with E-state index in [-0.39, 0.29) is 0 Å². The van der Waals surface area contributed by atoms with Crippen LogP contribution in [-0.4, -0.2) is 26.6 Å². The first-order valence-electron chi connectivity index (χ1n) is 5.90. The van der Waals surface area contributed by atoms with E-state index in [1.54, 1.807) is 6.07 Å². The monoisotopic (exact) mass is 237 g/mol. The van der Waals surface area contributed by atoms with Crippen LogP contribution in [0.25, 0.3) is 0 Å². The molecule has 5 nitrogen and oxygen atoms in total. The second-order valence-electron chi connectivity index (χ2n) is 3.97. The molecule has 0 aliphatic carbocycles. The number of nitrogens with one attached hydrogen (secondary N) is 1. The molecule has 1 heterocycles. The van der Waals surface area contributed by atoms with Crippen LogP contribution in [0.3, 0.4) is 0 Å². The summed E-state index contributed by atoms with van der Waals surface area (Å²) >= 11 is 0. The number of aromatic nitrogens is 2. The van der Waals surface area contributed by atoms with Crippen molar-refractivity contribution in [3.05, 3.63) is 18.1 Å². The van der Waals surface area contributed by atoms with Crippen LogP contribution in [0.15, 0.2) is 12.4 Å². The van der Waals surface area contributed by atoms with Gasteiger partial charge in [-0.3, -0.25) is 0 Å². The van der Waals surface area contributed by atoms with Crippen LogP contribution in [0.2, 0.25) is 0 Å². The van der Waals surface area contributed by atoms with Gasteiger partial charge in [0, 0.05) is 11.8 Å². The first-order chi connectivity index (χ1) is 8.07. The molecular weight excluding hydrogens is 218 g/mol. The number of aliphatic carboxylic acids is 1. The van der Waals surface area contributed by atoms with E-state index in [2.05, 4.69) is 15.3 Å². The Morgan fingerprint density at radius 3 is 2.47 bits per heavy atom. The first kappa shape index (κ1) is 13.4. The van der Waals surface area contributed by atoms with Crippen molar-refractivity contribution in [2.75, 3.05) is 5.32 Å². The average Bonchev–Trinajstić information content (AvgIpc) is 2.36. The molecule has 1 aromatic heterocycles. The standard InChI is InChI=1S/C12H19N3O2/c1-4-9-7-10(14-8-13-9)15-12(5-2,6-3)11(16)17/h7-8H,4-6H2,1-3H3,(H,16,17)(H,13,14,15). The number of hydrogen-bond donors (Lipinski definition) is 2. The van der Waals surface area contributed by atoms with E-state index in [0.717, 1.165) is 12.1 Å². The van der Waals surface area contributed by atoms with Crippen LogP contribution in [0.4, 0.5) is 5.82 Å². The van der Waals surface area contributed by atoms with Gasteiger partial charge in [0.1, 0.15) is 17.7 Å². The van der Waals surface area contributed by atoms with Gasteiger partial charge in [0.05, 0.1) is 0 Å². The minimum absolute atomic E-state index is 0.504. The largest absolute Gasteiger partial charge is 0.480 e. The second-order valence-corrected chi connectivity index (χ2v) is 3.97. The Labute approximate surface area is 101 Å². The topological polar surface area (TPSA) is 75.1 Å². The summed E-state index contributed by atoms with van der Waals surface area (Å²) < 4.78 is 0. The van der Waals surface area contributed by atoms with Crippen molar-refractivity contribution in [3.63, 3.8) is 0 Å². The molecular formula is C12H19N3O2. The van der Waals surface area contributed by atoms with Crippen molar-refractivity contribution < 1.29 is 9.90 Å². The molecule has 0 amide bonds. The van der Waals surface area contributed by atoms with Gasteiger partial charge in [0.25, 0.3) is 0 Å². The molecule has 1 aromatic rings. The Bertz CT molecular complexity index is 389. The van der Waals surface area contributed by atoms with E-state index < -0.39 is 11.5 Å². The fourth-order valence-electron chi connectivity index (χ4n) is 1.69. The van der Waals surface area contributed by atoms with Crippen molar-refractivity contribution in [3.8, 4) is 0 Å². The van der Waals surface area contributed by atoms with E-state index >= 15 is 0 Å². The summed E-state index contributed by atoms with van der Waals surface area (Å²) in [4.78, 5) is 19.5. The molecule has 0 aliphatic heterocycles. The molecule has 0 fully saturated rings. The number of carbonyl (C=O) groups is 1. The summed E-state index contributed by atoms with van der Waals surface area (Å²) in [5.74, 6) is -0.276.